The van der Waals surface area contributed by atoms with Gasteiger partial charge in [-0.1, -0.05) is 0 Å². The monoisotopic (exact) mass is 163 g/mol. The van der Waals surface area contributed by atoms with Gasteiger partial charge in [-0.3, -0.25) is 9.25 Å². The molecule has 5 heteroatoms. The molecule has 2 aromatic heterocycles. The third kappa shape index (κ3) is 0.952. The number of nitrogens with two attached hydrogens (primary N) is 1. The number of nitrogen functional groups attached to an aromatic ring is 1. The Hall–Kier alpha value is -1.78. The lowest BCUT2D eigenvalue weighted by molar-refractivity contribution is 0.752. The van der Waals surface area contributed by atoms with Crippen LogP contribution in [0.25, 0.3) is 5.82 Å². The number of hydrogen-bond acceptors (Lipinski definition) is 3. The van der Waals surface area contributed by atoms with Gasteiger partial charge in [0.05, 0.1) is 0 Å². The molecule has 0 aliphatic rings. The molecular formula is C7H9N5. The highest BCUT2D eigenvalue weighted by Crippen LogP contribution is 2.07. The summed E-state index contributed by atoms with van der Waals surface area (Å²) in [5.41, 5.74) is 5.58. The van der Waals surface area contributed by atoms with E-state index in [1.165, 1.54) is 0 Å². The van der Waals surface area contributed by atoms with E-state index < -0.39 is 0 Å². The number of hydrogen-bond donors (Lipinski definition) is 1. The van der Waals surface area contributed by atoms with E-state index in [1.54, 1.807) is 21.6 Å². The molecule has 0 saturated carbocycles. The van der Waals surface area contributed by atoms with Gasteiger partial charge in [-0.15, -0.1) is 0 Å². The van der Waals surface area contributed by atoms with Gasteiger partial charge >= 0.3 is 0 Å². The van der Waals surface area contributed by atoms with Crippen molar-refractivity contribution >= 4 is 5.95 Å². The molecule has 2 heterocycles. The molecule has 12 heavy (non-hydrogen) atoms. The first-order valence-electron chi connectivity index (χ1n) is 3.56. The predicted molar refractivity (Wildman–Crippen MR) is 44.7 cm³/mol. The van der Waals surface area contributed by atoms with Gasteiger partial charge in [0.1, 0.15) is 0 Å². The lowest BCUT2D eigenvalue weighted by atomic mass is 10.6. The van der Waals surface area contributed by atoms with Gasteiger partial charge in [-0.05, 0) is 0 Å². The number of anilines is 1. The van der Waals surface area contributed by atoms with Crippen LogP contribution in [0, 0.1) is 0 Å². The van der Waals surface area contributed by atoms with Crippen LogP contribution in [0.5, 0.6) is 0 Å². The second-order valence-corrected chi connectivity index (χ2v) is 2.50. The summed E-state index contributed by atoms with van der Waals surface area (Å²) < 4.78 is 3.44. The van der Waals surface area contributed by atoms with Gasteiger partial charge in [-0.25, -0.2) is 4.98 Å². The van der Waals surface area contributed by atoms with Crippen LogP contribution in [0.15, 0.2) is 24.7 Å². The lowest BCUT2D eigenvalue weighted by Gasteiger charge is -1.97. The van der Waals surface area contributed by atoms with E-state index in [4.69, 9.17) is 5.73 Å². The summed E-state index contributed by atoms with van der Waals surface area (Å²) in [5.74, 6) is 1.24. The molecule has 2 aromatic rings. The van der Waals surface area contributed by atoms with Crippen molar-refractivity contribution in [1.29, 1.82) is 0 Å². The van der Waals surface area contributed by atoms with Crippen LogP contribution in [0.2, 0.25) is 0 Å². The second kappa shape index (κ2) is 2.37. The average molecular weight is 163 g/mol. The zero-order valence-corrected chi connectivity index (χ0v) is 6.68. The maximum absolute atomic E-state index is 5.58. The van der Waals surface area contributed by atoms with E-state index in [1.807, 2.05) is 19.3 Å². The fourth-order valence-corrected chi connectivity index (χ4v) is 1.04. The van der Waals surface area contributed by atoms with Crippen molar-refractivity contribution in [2.45, 2.75) is 0 Å². The summed E-state index contributed by atoms with van der Waals surface area (Å²) in [6, 6.07) is 1.87. The molecule has 0 amide bonds. The molecule has 2 rings (SSSR count). The van der Waals surface area contributed by atoms with Gasteiger partial charge in [0, 0.05) is 31.7 Å². The van der Waals surface area contributed by atoms with Crippen LogP contribution in [0.3, 0.4) is 0 Å². The Balaban J connectivity index is 2.50. The molecular weight excluding hydrogens is 154 g/mol. The quantitative estimate of drug-likeness (QED) is 0.652. The van der Waals surface area contributed by atoms with Crippen molar-refractivity contribution in [3.63, 3.8) is 0 Å². The van der Waals surface area contributed by atoms with Crippen LogP contribution in [-0.4, -0.2) is 19.3 Å². The molecule has 0 radical (unpaired) electrons. The number of rotatable bonds is 1. The van der Waals surface area contributed by atoms with Crippen molar-refractivity contribution in [3.05, 3.63) is 24.7 Å². The molecule has 62 valence electrons. The summed E-state index contributed by atoms with van der Waals surface area (Å²) in [6.45, 7) is 0. The average Bonchev–Trinajstić information content (AvgIpc) is 2.58. The SMILES string of the molecule is Cn1ccc(-n2ccnc2N)n1. The smallest absolute Gasteiger partial charge is 0.206 e. The van der Waals surface area contributed by atoms with Crippen molar-refractivity contribution in [2.24, 2.45) is 7.05 Å². The molecule has 0 spiro atoms. The van der Waals surface area contributed by atoms with Crippen molar-refractivity contribution in [1.82, 2.24) is 19.3 Å². The van der Waals surface area contributed by atoms with E-state index in [2.05, 4.69) is 10.1 Å². The van der Waals surface area contributed by atoms with Crippen molar-refractivity contribution in [3.8, 4) is 5.82 Å². The molecule has 0 aliphatic carbocycles. The molecule has 0 unspecified atom stereocenters. The fraction of sp³-hybridized carbons (Fsp3) is 0.143. The Labute approximate surface area is 69.4 Å². The first-order chi connectivity index (χ1) is 5.77. The Morgan fingerprint density at radius 1 is 1.42 bits per heavy atom. The maximum Gasteiger partial charge on any atom is 0.206 e. The topological polar surface area (TPSA) is 61.7 Å². The van der Waals surface area contributed by atoms with Gasteiger partial charge in [-0.2, -0.15) is 5.10 Å². The van der Waals surface area contributed by atoms with Crippen LogP contribution in [0.4, 0.5) is 5.95 Å². The second-order valence-electron chi connectivity index (χ2n) is 2.50. The fourth-order valence-electron chi connectivity index (χ4n) is 1.04. The Kier molecular flexibility index (Phi) is 1.36. The summed E-state index contributed by atoms with van der Waals surface area (Å²) in [7, 11) is 1.86. The van der Waals surface area contributed by atoms with E-state index in [0.717, 1.165) is 5.82 Å². The van der Waals surface area contributed by atoms with Gasteiger partial charge in [0.2, 0.25) is 5.95 Å². The third-order valence-corrected chi connectivity index (χ3v) is 1.62. The van der Waals surface area contributed by atoms with Gasteiger partial charge < -0.3 is 5.73 Å². The highest BCUT2D eigenvalue weighted by Gasteiger charge is 2.02. The zero-order chi connectivity index (χ0) is 8.55. The molecule has 0 aromatic carbocycles. The summed E-state index contributed by atoms with van der Waals surface area (Å²) in [4.78, 5) is 3.89. The summed E-state index contributed by atoms with van der Waals surface area (Å²) in [5, 5.41) is 4.17. The van der Waals surface area contributed by atoms with Crippen LogP contribution in [0.1, 0.15) is 0 Å². The predicted octanol–water partition coefficient (Wildman–Crippen LogP) is 0.188. The molecule has 0 bridgehead atoms. The molecule has 2 N–H and O–H groups in total. The Bertz CT molecular complexity index is 386. The van der Waals surface area contributed by atoms with Crippen LogP contribution in [-0.2, 0) is 7.05 Å². The zero-order valence-electron chi connectivity index (χ0n) is 6.68. The van der Waals surface area contributed by atoms with E-state index >= 15 is 0 Å². The summed E-state index contributed by atoms with van der Waals surface area (Å²) in [6.07, 6.45) is 5.27. The highest BCUT2D eigenvalue weighted by atomic mass is 15.3. The first-order valence-corrected chi connectivity index (χ1v) is 3.56. The minimum absolute atomic E-state index is 0.453. The molecule has 0 saturated heterocycles. The maximum atomic E-state index is 5.58. The number of imidazole rings is 1. The molecule has 0 fully saturated rings. The van der Waals surface area contributed by atoms with Crippen molar-refractivity contribution in [2.75, 3.05) is 5.73 Å². The first kappa shape index (κ1) is 6.90. The van der Waals surface area contributed by atoms with E-state index in [-0.39, 0.29) is 0 Å². The summed E-state index contributed by atoms with van der Waals surface area (Å²) >= 11 is 0. The number of aryl methyl sites for hydroxylation is 1. The number of aromatic nitrogens is 4. The van der Waals surface area contributed by atoms with Crippen molar-refractivity contribution < 1.29 is 0 Å². The largest absolute Gasteiger partial charge is 0.369 e. The van der Waals surface area contributed by atoms with E-state index in [0.29, 0.717) is 5.95 Å². The minimum atomic E-state index is 0.453. The van der Waals surface area contributed by atoms with Gasteiger partial charge in [0.15, 0.2) is 5.82 Å². The number of nitrogens with zero attached hydrogens (tertiary/aromatic N) is 4. The standard InChI is InChI=1S/C7H9N5/c1-11-4-2-6(10-11)12-5-3-9-7(12)8/h2-5H,1H3,(H2,8,9). The van der Waals surface area contributed by atoms with Crippen LogP contribution < -0.4 is 5.73 Å². The minimum Gasteiger partial charge on any atom is -0.369 e. The molecule has 5 nitrogen and oxygen atoms in total. The molecule has 0 aliphatic heterocycles. The third-order valence-electron chi connectivity index (χ3n) is 1.62. The lowest BCUT2D eigenvalue weighted by Crippen LogP contribution is -2.01. The van der Waals surface area contributed by atoms with Crippen LogP contribution >= 0.6 is 0 Å². The normalized spacial score (nSPS) is 10.4. The Morgan fingerprint density at radius 2 is 2.25 bits per heavy atom. The van der Waals surface area contributed by atoms with Gasteiger partial charge in [0.25, 0.3) is 0 Å². The Morgan fingerprint density at radius 3 is 2.75 bits per heavy atom. The van der Waals surface area contributed by atoms with E-state index in [9.17, 15) is 0 Å². The molecule has 0 atom stereocenters. The highest BCUT2D eigenvalue weighted by molar-refractivity contribution is 5.31.